The van der Waals surface area contributed by atoms with Crippen molar-refractivity contribution < 1.29 is 0 Å². The zero-order chi connectivity index (χ0) is 31.1. The number of benzene rings is 7. The first-order valence-corrected chi connectivity index (χ1v) is 16.3. The van der Waals surface area contributed by atoms with Crippen molar-refractivity contribution in [3.8, 4) is 16.8 Å². The van der Waals surface area contributed by atoms with Gasteiger partial charge in [-0.05, 0) is 89.6 Å². The molecule has 7 aromatic carbocycles. The summed E-state index contributed by atoms with van der Waals surface area (Å²) < 4.78 is 2.53. The van der Waals surface area contributed by atoms with Crippen molar-refractivity contribution >= 4 is 68.0 Å². The molecule has 2 aliphatic heterocycles. The molecule has 2 aliphatic rings. The first-order valence-electron chi connectivity index (χ1n) is 16.3. The molecule has 0 aliphatic carbocycles. The molecule has 47 heavy (non-hydrogen) atoms. The number of fused-ring (bicyclic) bond motifs is 7. The summed E-state index contributed by atoms with van der Waals surface area (Å²) in [5.41, 5.74) is 16.1. The standard InChI is InChI=1S/C43H30BN3/c1-29-26-37-35-25-24-33(45(30-14-5-2-6-15-30)31-16-7-3-8-17-31)28-40(35)47(32-18-9-4-10-19-32)44-38-22-13-21-36-34-20-11-12-23-39(34)46(43(36)38)41(27-29)42(37)44/h2-28H,1H3. The van der Waals surface area contributed by atoms with E-state index in [1.54, 1.807) is 0 Å². The fourth-order valence-electron chi connectivity index (χ4n) is 8.12. The van der Waals surface area contributed by atoms with Crippen LogP contribution in [-0.4, -0.2) is 11.4 Å². The van der Waals surface area contributed by atoms with E-state index in [0.717, 1.165) is 17.1 Å². The minimum Gasteiger partial charge on any atom is -0.376 e. The van der Waals surface area contributed by atoms with E-state index in [2.05, 4.69) is 185 Å². The average Bonchev–Trinajstić information content (AvgIpc) is 3.47. The van der Waals surface area contributed by atoms with Gasteiger partial charge in [-0.25, -0.2) is 0 Å². The van der Waals surface area contributed by atoms with Gasteiger partial charge in [-0.15, -0.1) is 0 Å². The molecular formula is C43H30BN3. The number of aromatic nitrogens is 1. The molecule has 0 bridgehead atoms. The van der Waals surface area contributed by atoms with Crippen LogP contribution in [0.1, 0.15) is 5.56 Å². The van der Waals surface area contributed by atoms with Gasteiger partial charge in [-0.2, -0.15) is 0 Å². The first kappa shape index (κ1) is 26.2. The van der Waals surface area contributed by atoms with Crippen molar-refractivity contribution in [3.05, 3.63) is 169 Å². The van der Waals surface area contributed by atoms with Crippen LogP contribution in [0.5, 0.6) is 0 Å². The van der Waals surface area contributed by atoms with Crippen molar-refractivity contribution in [1.29, 1.82) is 0 Å². The van der Waals surface area contributed by atoms with Crippen LogP contribution in [0.25, 0.3) is 38.6 Å². The Bertz CT molecular complexity index is 2450. The van der Waals surface area contributed by atoms with E-state index < -0.39 is 0 Å². The van der Waals surface area contributed by atoms with E-state index in [4.69, 9.17) is 0 Å². The third-order valence-corrected chi connectivity index (χ3v) is 9.95. The Kier molecular flexibility index (Phi) is 5.59. The number of aryl methyl sites for hydroxylation is 1. The molecule has 0 unspecified atom stereocenters. The molecule has 0 atom stereocenters. The second-order valence-corrected chi connectivity index (χ2v) is 12.7. The second kappa shape index (κ2) is 10.0. The van der Waals surface area contributed by atoms with Gasteiger partial charge in [-0.1, -0.05) is 103 Å². The maximum absolute atomic E-state index is 2.59. The topological polar surface area (TPSA) is 11.4 Å². The highest BCUT2D eigenvalue weighted by molar-refractivity contribution is 6.93. The second-order valence-electron chi connectivity index (χ2n) is 12.7. The number of hydrogen-bond donors (Lipinski definition) is 0. The molecule has 3 nitrogen and oxygen atoms in total. The molecule has 10 rings (SSSR count). The van der Waals surface area contributed by atoms with Gasteiger partial charge in [0.1, 0.15) is 0 Å². The Hall–Kier alpha value is -6.00. The number of para-hydroxylation sites is 5. The third-order valence-electron chi connectivity index (χ3n) is 9.95. The van der Waals surface area contributed by atoms with E-state index >= 15 is 0 Å². The van der Waals surface area contributed by atoms with Crippen molar-refractivity contribution in [2.24, 2.45) is 0 Å². The highest BCUT2D eigenvalue weighted by atomic mass is 15.2. The van der Waals surface area contributed by atoms with Crippen molar-refractivity contribution in [2.75, 3.05) is 9.71 Å². The fraction of sp³-hybridized carbons (Fsp3) is 0.0233. The first-order chi connectivity index (χ1) is 23.3. The molecule has 0 spiro atoms. The van der Waals surface area contributed by atoms with Gasteiger partial charge in [0.15, 0.2) is 0 Å². The largest absolute Gasteiger partial charge is 0.376 e. The van der Waals surface area contributed by atoms with Crippen molar-refractivity contribution in [2.45, 2.75) is 6.92 Å². The van der Waals surface area contributed by atoms with Gasteiger partial charge < -0.3 is 14.3 Å². The Labute approximate surface area is 274 Å². The molecule has 0 fully saturated rings. The van der Waals surface area contributed by atoms with Crippen molar-refractivity contribution in [3.63, 3.8) is 0 Å². The van der Waals surface area contributed by atoms with E-state index in [0.29, 0.717) is 0 Å². The van der Waals surface area contributed by atoms with Gasteiger partial charge in [0.05, 0.1) is 11.0 Å². The maximum atomic E-state index is 2.59. The van der Waals surface area contributed by atoms with Gasteiger partial charge in [0, 0.05) is 50.5 Å². The van der Waals surface area contributed by atoms with Crippen LogP contribution >= 0.6 is 0 Å². The van der Waals surface area contributed by atoms with Gasteiger partial charge in [-0.3, -0.25) is 0 Å². The number of anilines is 5. The van der Waals surface area contributed by atoms with E-state index in [-0.39, 0.29) is 6.85 Å². The van der Waals surface area contributed by atoms with Crippen LogP contribution in [0.2, 0.25) is 0 Å². The summed E-state index contributed by atoms with van der Waals surface area (Å²) >= 11 is 0. The summed E-state index contributed by atoms with van der Waals surface area (Å²) in [5, 5.41) is 2.60. The molecule has 0 N–H and O–H groups in total. The molecule has 0 radical (unpaired) electrons. The van der Waals surface area contributed by atoms with Crippen molar-refractivity contribution in [1.82, 2.24) is 4.57 Å². The Morgan fingerprint density at radius 3 is 1.91 bits per heavy atom. The molecule has 0 amide bonds. The monoisotopic (exact) mass is 599 g/mol. The van der Waals surface area contributed by atoms with Crippen LogP contribution in [0, 0.1) is 6.92 Å². The SMILES string of the molecule is Cc1cc2c3c(c1)-n1c4ccccc4c4cccc(c41)B3N(c1ccccc1)c1cc(N(c3ccccc3)c3ccccc3)ccc1-2. The van der Waals surface area contributed by atoms with E-state index in [9.17, 15) is 0 Å². The summed E-state index contributed by atoms with van der Waals surface area (Å²) in [5.74, 6) is 0. The molecule has 0 saturated heterocycles. The molecule has 0 saturated carbocycles. The normalized spacial score (nSPS) is 12.7. The summed E-state index contributed by atoms with van der Waals surface area (Å²) in [6.45, 7) is 2.24. The lowest BCUT2D eigenvalue weighted by Crippen LogP contribution is -2.60. The average molecular weight is 600 g/mol. The minimum absolute atomic E-state index is 0.00756. The van der Waals surface area contributed by atoms with Crippen LogP contribution in [0.3, 0.4) is 0 Å². The van der Waals surface area contributed by atoms with Gasteiger partial charge in [0.25, 0.3) is 0 Å². The fourth-order valence-corrected chi connectivity index (χ4v) is 8.12. The van der Waals surface area contributed by atoms with Crippen LogP contribution in [0.4, 0.5) is 28.4 Å². The predicted octanol–water partition coefficient (Wildman–Crippen LogP) is 9.80. The Balaban J connectivity index is 1.31. The van der Waals surface area contributed by atoms with Crippen LogP contribution in [0.15, 0.2) is 164 Å². The lowest BCUT2D eigenvalue weighted by molar-refractivity contribution is 1.17. The summed E-state index contributed by atoms with van der Waals surface area (Å²) in [6, 6.07) is 59.9. The highest BCUT2D eigenvalue weighted by Gasteiger charge is 2.43. The molecular weight excluding hydrogens is 569 g/mol. The molecule has 220 valence electrons. The lowest BCUT2D eigenvalue weighted by atomic mass is 9.44. The molecule has 3 heterocycles. The quantitative estimate of drug-likeness (QED) is 0.187. The summed E-state index contributed by atoms with van der Waals surface area (Å²) in [7, 11) is 0. The lowest BCUT2D eigenvalue weighted by Gasteiger charge is -2.42. The zero-order valence-electron chi connectivity index (χ0n) is 26.0. The minimum atomic E-state index is 0.00756. The van der Waals surface area contributed by atoms with E-state index in [1.807, 2.05) is 0 Å². The van der Waals surface area contributed by atoms with Gasteiger partial charge >= 0.3 is 6.85 Å². The molecule has 4 heteroatoms. The summed E-state index contributed by atoms with van der Waals surface area (Å²) in [6.07, 6.45) is 0. The number of nitrogens with zero attached hydrogens (tertiary/aromatic N) is 3. The van der Waals surface area contributed by atoms with Gasteiger partial charge in [0.2, 0.25) is 0 Å². The van der Waals surface area contributed by atoms with Crippen LogP contribution < -0.4 is 20.6 Å². The number of rotatable bonds is 4. The summed E-state index contributed by atoms with van der Waals surface area (Å²) in [4.78, 5) is 4.95. The highest BCUT2D eigenvalue weighted by Crippen LogP contribution is 2.47. The third kappa shape index (κ3) is 3.76. The Morgan fingerprint density at radius 2 is 1.17 bits per heavy atom. The molecule has 1 aromatic heterocycles. The van der Waals surface area contributed by atoms with Crippen LogP contribution in [-0.2, 0) is 0 Å². The smallest absolute Gasteiger partial charge is 0.333 e. The van der Waals surface area contributed by atoms with E-state index in [1.165, 1.54) is 66.5 Å². The predicted molar refractivity (Wildman–Crippen MR) is 199 cm³/mol. The maximum Gasteiger partial charge on any atom is 0.333 e. The Morgan fingerprint density at radius 1 is 0.511 bits per heavy atom. The zero-order valence-corrected chi connectivity index (χ0v) is 26.0. The number of hydrogen-bond acceptors (Lipinski definition) is 2. The molecule has 8 aromatic rings.